The molecule has 8 nitrogen and oxygen atoms in total. The number of nitrogens with zero attached hydrogens (tertiary/aromatic N) is 1. The average molecular weight is 416 g/mol. The molecule has 0 fully saturated rings. The highest BCUT2D eigenvalue weighted by molar-refractivity contribution is 5.79. The molecule has 0 saturated carbocycles. The summed E-state index contributed by atoms with van der Waals surface area (Å²) in [6, 6.07) is 4.55. The van der Waals surface area contributed by atoms with E-state index in [9.17, 15) is 13.6 Å². The molecule has 1 rings (SSSR count). The van der Waals surface area contributed by atoms with Crippen LogP contribution in [0.25, 0.3) is 0 Å². The normalized spacial score (nSPS) is 11.8. The van der Waals surface area contributed by atoms with Crippen LogP contribution in [-0.2, 0) is 11.3 Å². The van der Waals surface area contributed by atoms with Crippen molar-refractivity contribution in [3.8, 4) is 11.5 Å². The number of hydrogen-bond donors (Lipinski definition) is 3. The Balaban J connectivity index is 2.68. The van der Waals surface area contributed by atoms with E-state index < -0.39 is 18.3 Å². The number of halogens is 2. The first kappa shape index (κ1) is 24.3. The minimum Gasteiger partial charge on any atom is -0.497 e. The first-order valence-electron chi connectivity index (χ1n) is 9.25. The third-order valence-electron chi connectivity index (χ3n) is 3.32. The van der Waals surface area contributed by atoms with E-state index in [1.165, 1.54) is 19.2 Å². The summed E-state index contributed by atoms with van der Waals surface area (Å²) in [6.07, 6.45) is -0.508. The number of amides is 1. The fraction of sp³-hybridized carbons (Fsp3) is 0.579. The van der Waals surface area contributed by atoms with Gasteiger partial charge in [0, 0.05) is 25.2 Å². The van der Waals surface area contributed by atoms with Gasteiger partial charge in [-0.3, -0.25) is 0 Å². The van der Waals surface area contributed by atoms with Gasteiger partial charge in [-0.25, -0.2) is 9.79 Å². The first-order chi connectivity index (χ1) is 13.6. The van der Waals surface area contributed by atoms with Crippen LogP contribution in [0, 0.1) is 0 Å². The van der Waals surface area contributed by atoms with Crippen LogP contribution in [0.1, 0.15) is 33.3 Å². The van der Waals surface area contributed by atoms with Gasteiger partial charge in [-0.1, -0.05) is 0 Å². The van der Waals surface area contributed by atoms with Crippen LogP contribution in [0.4, 0.5) is 13.6 Å². The van der Waals surface area contributed by atoms with Crippen LogP contribution >= 0.6 is 0 Å². The summed E-state index contributed by atoms with van der Waals surface area (Å²) >= 11 is 0. The monoisotopic (exact) mass is 416 g/mol. The van der Waals surface area contributed by atoms with Gasteiger partial charge in [0.05, 0.1) is 13.7 Å². The van der Waals surface area contributed by atoms with Gasteiger partial charge in [0.25, 0.3) is 0 Å². The maximum absolute atomic E-state index is 12.6. The van der Waals surface area contributed by atoms with E-state index in [4.69, 9.17) is 9.47 Å². The van der Waals surface area contributed by atoms with E-state index in [0.29, 0.717) is 36.9 Å². The fourth-order valence-electron chi connectivity index (χ4n) is 2.18. The van der Waals surface area contributed by atoms with E-state index in [1.807, 2.05) is 6.92 Å². The van der Waals surface area contributed by atoms with Crippen molar-refractivity contribution in [3.63, 3.8) is 0 Å². The summed E-state index contributed by atoms with van der Waals surface area (Å²) < 4.78 is 40.1. The summed E-state index contributed by atoms with van der Waals surface area (Å²) in [5, 5.41) is 8.72. The van der Waals surface area contributed by atoms with E-state index in [0.717, 1.165) is 0 Å². The Kier molecular flexibility index (Phi) is 9.98. The highest BCUT2D eigenvalue weighted by atomic mass is 19.3. The first-order valence-corrected chi connectivity index (χ1v) is 9.25. The second kappa shape index (κ2) is 11.9. The summed E-state index contributed by atoms with van der Waals surface area (Å²) in [5.74, 6) is 1.01. The van der Waals surface area contributed by atoms with Crippen LogP contribution in [0.5, 0.6) is 11.5 Å². The van der Waals surface area contributed by atoms with Crippen molar-refractivity contribution in [2.24, 2.45) is 4.99 Å². The summed E-state index contributed by atoms with van der Waals surface area (Å²) in [6.45, 7) is 5.71. The second-order valence-electron chi connectivity index (χ2n) is 6.90. The number of alkyl halides is 2. The molecule has 1 aromatic carbocycles. The van der Waals surface area contributed by atoms with Crippen LogP contribution in [0.3, 0.4) is 0 Å². The third kappa shape index (κ3) is 10.4. The van der Waals surface area contributed by atoms with E-state index in [2.05, 4.69) is 25.7 Å². The van der Waals surface area contributed by atoms with Crippen molar-refractivity contribution in [2.45, 2.75) is 46.5 Å². The van der Waals surface area contributed by atoms with Crippen molar-refractivity contribution in [2.75, 3.05) is 26.7 Å². The molecular weight excluding hydrogens is 386 g/mol. The molecule has 0 bridgehead atoms. The van der Waals surface area contributed by atoms with Crippen molar-refractivity contribution in [3.05, 3.63) is 23.8 Å². The SMILES string of the molecule is CCNC(=NCc1cc(OC)ccc1OC(F)F)NCCNC(=O)OC(C)(C)C. The number of guanidine groups is 1. The highest BCUT2D eigenvalue weighted by Gasteiger charge is 2.15. The second-order valence-corrected chi connectivity index (χ2v) is 6.90. The Hall–Kier alpha value is -2.78. The molecule has 0 spiro atoms. The van der Waals surface area contributed by atoms with Gasteiger partial charge in [-0.05, 0) is 45.9 Å². The predicted octanol–water partition coefficient (Wildman–Crippen LogP) is 2.88. The molecule has 0 unspecified atom stereocenters. The number of rotatable bonds is 9. The summed E-state index contributed by atoms with van der Waals surface area (Å²) in [4.78, 5) is 16.0. The molecule has 10 heteroatoms. The fourth-order valence-corrected chi connectivity index (χ4v) is 2.18. The third-order valence-corrected chi connectivity index (χ3v) is 3.32. The molecule has 1 aromatic rings. The van der Waals surface area contributed by atoms with Gasteiger partial charge in [0.15, 0.2) is 5.96 Å². The van der Waals surface area contributed by atoms with Crippen LogP contribution < -0.4 is 25.4 Å². The van der Waals surface area contributed by atoms with E-state index in [-0.39, 0.29) is 12.3 Å². The van der Waals surface area contributed by atoms with E-state index >= 15 is 0 Å². The molecule has 164 valence electrons. The highest BCUT2D eigenvalue weighted by Crippen LogP contribution is 2.26. The number of benzene rings is 1. The molecule has 3 N–H and O–H groups in total. The average Bonchev–Trinajstić information content (AvgIpc) is 2.62. The zero-order valence-corrected chi connectivity index (χ0v) is 17.5. The van der Waals surface area contributed by atoms with Crippen molar-refractivity contribution >= 4 is 12.1 Å². The quantitative estimate of drug-likeness (QED) is 0.326. The van der Waals surface area contributed by atoms with Crippen LogP contribution in [0.2, 0.25) is 0 Å². The number of ether oxygens (including phenoxy) is 3. The number of alkyl carbamates (subject to hydrolysis) is 1. The maximum Gasteiger partial charge on any atom is 0.407 e. The molecule has 29 heavy (non-hydrogen) atoms. The molecule has 0 atom stereocenters. The molecule has 0 aliphatic rings. The number of hydrogen-bond acceptors (Lipinski definition) is 5. The largest absolute Gasteiger partial charge is 0.497 e. The van der Waals surface area contributed by atoms with Gasteiger partial charge >= 0.3 is 12.7 Å². The lowest BCUT2D eigenvalue weighted by Gasteiger charge is -2.20. The molecule has 0 radical (unpaired) electrons. The van der Waals surface area contributed by atoms with Crippen molar-refractivity contribution in [1.29, 1.82) is 0 Å². The Morgan fingerprint density at radius 1 is 1.17 bits per heavy atom. The molecular formula is C19H30F2N4O4. The molecule has 0 aliphatic heterocycles. The van der Waals surface area contributed by atoms with Gasteiger partial charge in [0.1, 0.15) is 17.1 Å². The Labute approximate surface area is 170 Å². The van der Waals surface area contributed by atoms with Crippen molar-refractivity contribution in [1.82, 2.24) is 16.0 Å². The predicted molar refractivity (Wildman–Crippen MR) is 107 cm³/mol. The molecule has 0 aliphatic carbocycles. The minimum absolute atomic E-state index is 0.0343. The zero-order valence-electron chi connectivity index (χ0n) is 17.5. The van der Waals surface area contributed by atoms with E-state index in [1.54, 1.807) is 26.8 Å². The number of carbonyl (C=O) groups is 1. The lowest BCUT2D eigenvalue weighted by molar-refractivity contribution is -0.0504. The number of carbonyl (C=O) groups excluding carboxylic acids is 1. The molecule has 0 saturated heterocycles. The molecule has 0 aromatic heterocycles. The smallest absolute Gasteiger partial charge is 0.407 e. The maximum atomic E-state index is 12.6. The van der Waals surface area contributed by atoms with Crippen LogP contribution in [-0.4, -0.2) is 51.0 Å². The Morgan fingerprint density at radius 3 is 2.45 bits per heavy atom. The van der Waals surface area contributed by atoms with Gasteiger partial charge in [0.2, 0.25) is 0 Å². The number of methoxy groups -OCH3 is 1. The molecule has 0 heterocycles. The Morgan fingerprint density at radius 2 is 1.86 bits per heavy atom. The standard InChI is InChI=1S/C19H30F2N4O4/c1-6-22-17(23-9-10-24-18(26)29-19(2,3)4)25-12-13-11-14(27-5)7-8-15(13)28-16(20)21/h7-8,11,16H,6,9-10,12H2,1-5H3,(H,24,26)(H2,22,23,25). The summed E-state index contributed by atoms with van der Waals surface area (Å²) in [5.41, 5.74) is -0.114. The van der Waals surface area contributed by atoms with Gasteiger partial charge < -0.3 is 30.2 Å². The van der Waals surface area contributed by atoms with Crippen LogP contribution in [0.15, 0.2) is 23.2 Å². The van der Waals surface area contributed by atoms with Gasteiger partial charge in [-0.15, -0.1) is 0 Å². The zero-order chi connectivity index (χ0) is 21.9. The van der Waals surface area contributed by atoms with Crippen molar-refractivity contribution < 1.29 is 27.8 Å². The minimum atomic E-state index is -2.93. The van der Waals surface area contributed by atoms with Gasteiger partial charge in [-0.2, -0.15) is 8.78 Å². The number of aliphatic imine (C=N–C) groups is 1. The molecule has 1 amide bonds. The Bertz CT molecular complexity index is 679. The lowest BCUT2D eigenvalue weighted by Crippen LogP contribution is -2.42. The number of nitrogens with one attached hydrogen (secondary N) is 3. The topological polar surface area (TPSA) is 93.2 Å². The lowest BCUT2D eigenvalue weighted by atomic mass is 10.2. The summed E-state index contributed by atoms with van der Waals surface area (Å²) in [7, 11) is 1.49.